The van der Waals surface area contributed by atoms with Crippen molar-refractivity contribution in [2.75, 3.05) is 6.61 Å². The highest BCUT2D eigenvalue weighted by molar-refractivity contribution is 5.89. The standard InChI is InChI=1S/C19H28O6/c20-15-16(21)18(22)24-17(15)14-11-23-19(25-14,12-7-3-1-4-8-12)13-9-5-2-6-10-13/h12-14,17,20-21H,1-11H2. The Labute approximate surface area is 148 Å². The number of esters is 1. The van der Waals surface area contributed by atoms with Crippen molar-refractivity contribution in [3.63, 3.8) is 0 Å². The lowest BCUT2D eigenvalue weighted by molar-refractivity contribution is -0.255. The second kappa shape index (κ2) is 6.80. The van der Waals surface area contributed by atoms with Gasteiger partial charge in [-0.25, -0.2) is 4.79 Å². The van der Waals surface area contributed by atoms with E-state index in [0.29, 0.717) is 11.8 Å². The van der Waals surface area contributed by atoms with Crippen LogP contribution in [-0.4, -0.2) is 40.8 Å². The molecule has 2 aliphatic heterocycles. The molecule has 2 heterocycles. The number of carbonyl (C=O) groups is 1. The monoisotopic (exact) mass is 352 g/mol. The molecule has 1 saturated heterocycles. The fraction of sp³-hybridized carbons (Fsp3) is 0.842. The number of cyclic esters (lactones) is 1. The molecular weight excluding hydrogens is 324 g/mol. The number of hydrogen-bond donors (Lipinski definition) is 2. The quantitative estimate of drug-likeness (QED) is 0.756. The number of aliphatic hydroxyl groups is 2. The molecule has 25 heavy (non-hydrogen) atoms. The predicted octanol–water partition coefficient (Wildman–Crippen LogP) is 3.51. The van der Waals surface area contributed by atoms with Gasteiger partial charge in [-0.15, -0.1) is 0 Å². The van der Waals surface area contributed by atoms with E-state index in [1.54, 1.807) is 0 Å². The zero-order chi connectivity index (χ0) is 17.4. The first-order valence-corrected chi connectivity index (χ1v) is 9.76. The summed E-state index contributed by atoms with van der Waals surface area (Å²) in [5, 5.41) is 19.6. The fourth-order valence-electron chi connectivity index (χ4n) is 5.16. The average molecular weight is 352 g/mol. The Hall–Kier alpha value is -1.27. The van der Waals surface area contributed by atoms with E-state index in [1.165, 1.54) is 38.5 Å². The molecule has 2 aliphatic carbocycles. The topological polar surface area (TPSA) is 85.2 Å². The van der Waals surface area contributed by atoms with Crippen LogP contribution in [0.2, 0.25) is 0 Å². The van der Waals surface area contributed by atoms with E-state index in [4.69, 9.17) is 14.2 Å². The summed E-state index contributed by atoms with van der Waals surface area (Å²) >= 11 is 0. The van der Waals surface area contributed by atoms with Crippen molar-refractivity contribution >= 4 is 5.97 Å². The molecule has 0 bridgehead atoms. The summed E-state index contributed by atoms with van der Waals surface area (Å²) in [6.07, 6.45) is 10.2. The molecule has 2 unspecified atom stereocenters. The Morgan fingerprint density at radius 1 is 0.880 bits per heavy atom. The van der Waals surface area contributed by atoms with E-state index in [9.17, 15) is 15.0 Å². The van der Waals surface area contributed by atoms with Gasteiger partial charge in [0.2, 0.25) is 5.76 Å². The number of aliphatic hydroxyl groups excluding tert-OH is 2. The molecule has 0 aromatic carbocycles. The van der Waals surface area contributed by atoms with Crippen LogP contribution in [-0.2, 0) is 19.0 Å². The smallest absolute Gasteiger partial charge is 0.377 e. The highest BCUT2D eigenvalue weighted by Gasteiger charge is 2.56. The Morgan fingerprint density at radius 3 is 1.92 bits per heavy atom. The molecule has 0 spiro atoms. The fourth-order valence-corrected chi connectivity index (χ4v) is 5.16. The van der Waals surface area contributed by atoms with Crippen molar-refractivity contribution in [3.8, 4) is 0 Å². The largest absolute Gasteiger partial charge is 0.505 e. The molecule has 6 nitrogen and oxygen atoms in total. The molecule has 2 N–H and O–H groups in total. The van der Waals surface area contributed by atoms with Gasteiger partial charge in [0.05, 0.1) is 6.61 Å². The lowest BCUT2D eigenvalue weighted by Crippen LogP contribution is -2.49. The zero-order valence-corrected chi connectivity index (χ0v) is 14.6. The van der Waals surface area contributed by atoms with E-state index in [0.717, 1.165) is 25.7 Å². The van der Waals surface area contributed by atoms with Crippen LogP contribution in [0, 0.1) is 11.8 Å². The molecule has 3 fully saturated rings. The van der Waals surface area contributed by atoms with Gasteiger partial charge in [0.1, 0.15) is 6.10 Å². The molecule has 140 valence electrons. The van der Waals surface area contributed by atoms with Crippen molar-refractivity contribution in [2.24, 2.45) is 11.8 Å². The number of carbonyl (C=O) groups excluding carboxylic acids is 1. The summed E-state index contributed by atoms with van der Waals surface area (Å²) in [4.78, 5) is 11.5. The molecule has 2 saturated carbocycles. The molecule has 4 rings (SSSR count). The number of hydrogen-bond acceptors (Lipinski definition) is 6. The van der Waals surface area contributed by atoms with Gasteiger partial charge in [-0.1, -0.05) is 38.5 Å². The molecule has 0 radical (unpaired) electrons. The Bertz CT molecular complexity index is 526. The van der Waals surface area contributed by atoms with E-state index in [2.05, 4.69) is 0 Å². The maximum atomic E-state index is 11.5. The lowest BCUT2D eigenvalue weighted by atomic mass is 9.72. The van der Waals surface area contributed by atoms with Crippen molar-refractivity contribution in [1.29, 1.82) is 0 Å². The third-order valence-corrected chi connectivity index (χ3v) is 6.43. The van der Waals surface area contributed by atoms with Crippen LogP contribution in [0.1, 0.15) is 64.2 Å². The van der Waals surface area contributed by atoms with Gasteiger partial charge in [-0.3, -0.25) is 0 Å². The Balaban J connectivity index is 1.56. The van der Waals surface area contributed by atoms with Gasteiger partial charge in [0, 0.05) is 11.8 Å². The van der Waals surface area contributed by atoms with Crippen molar-refractivity contribution < 1.29 is 29.2 Å². The van der Waals surface area contributed by atoms with Gasteiger partial charge in [0.15, 0.2) is 17.7 Å². The third-order valence-electron chi connectivity index (χ3n) is 6.43. The molecule has 0 aromatic heterocycles. The SMILES string of the molecule is O=C1OC(C2COC(C3CCCCC3)(C3CCCCC3)O2)C(O)=C1O. The Morgan fingerprint density at radius 2 is 1.44 bits per heavy atom. The second-order valence-electron chi connectivity index (χ2n) is 7.92. The minimum absolute atomic E-state index is 0.280. The van der Waals surface area contributed by atoms with Crippen LogP contribution in [0.25, 0.3) is 0 Å². The summed E-state index contributed by atoms with van der Waals surface area (Å²) < 4.78 is 17.9. The minimum atomic E-state index is -0.957. The summed E-state index contributed by atoms with van der Waals surface area (Å²) in [6, 6.07) is 0. The first kappa shape index (κ1) is 17.2. The van der Waals surface area contributed by atoms with Gasteiger partial charge in [-0.05, 0) is 25.7 Å². The third kappa shape index (κ3) is 2.93. The van der Waals surface area contributed by atoms with Crippen LogP contribution in [0.15, 0.2) is 11.5 Å². The molecule has 6 heteroatoms. The molecule has 0 aromatic rings. The number of rotatable bonds is 3. The highest BCUT2D eigenvalue weighted by atomic mass is 16.8. The zero-order valence-electron chi connectivity index (χ0n) is 14.6. The van der Waals surface area contributed by atoms with Gasteiger partial charge in [0.25, 0.3) is 0 Å². The van der Waals surface area contributed by atoms with E-state index in [1.807, 2.05) is 0 Å². The predicted molar refractivity (Wildman–Crippen MR) is 88.9 cm³/mol. The maximum absolute atomic E-state index is 11.5. The van der Waals surface area contributed by atoms with Gasteiger partial charge < -0.3 is 24.4 Å². The Kier molecular flexibility index (Phi) is 4.67. The molecular formula is C19H28O6. The molecule has 4 aliphatic rings. The van der Waals surface area contributed by atoms with Crippen molar-refractivity contribution in [3.05, 3.63) is 11.5 Å². The summed E-state index contributed by atoms with van der Waals surface area (Å²) in [5.41, 5.74) is 0. The average Bonchev–Trinajstić information content (AvgIpc) is 3.22. The van der Waals surface area contributed by atoms with Crippen LogP contribution in [0.5, 0.6) is 0 Å². The number of ether oxygens (including phenoxy) is 3. The lowest BCUT2D eigenvalue weighted by Gasteiger charge is -2.45. The van der Waals surface area contributed by atoms with E-state index >= 15 is 0 Å². The first-order valence-electron chi connectivity index (χ1n) is 9.76. The minimum Gasteiger partial charge on any atom is -0.505 e. The van der Waals surface area contributed by atoms with Crippen LogP contribution in [0.3, 0.4) is 0 Å². The normalized spacial score (nSPS) is 34.5. The van der Waals surface area contributed by atoms with Crippen LogP contribution < -0.4 is 0 Å². The van der Waals surface area contributed by atoms with Crippen LogP contribution in [0.4, 0.5) is 0 Å². The highest BCUT2D eigenvalue weighted by Crippen LogP contribution is 2.50. The first-order chi connectivity index (χ1) is 12.1. The second-order valence-corrected chi connectivity index (χ2v) is 7.92. The maximum Gasteiger partial charge on any atom is 0.377 e. The molecule has 2 atom stereocenters. The molecule has 0 amide bonds. The van der Waals surface area contributed by atoms with Crippen LogP contribution >= 0.6 is 0 Å². The summed E-state index contributed by atoms with van der Waals surface area (Å²) in [7, 11) is 0. The summed E-state index contributed by atoms with van der Waals surface area (Å²) in [5.74, 6) is -1.95. The van der Waals surface area contributed by atoms with Gasteiger partial charge >= 0.3 is 5.97 Å². The van der Waals surface area contributed by atoms with Crippen molar-refractivity contribution in [2.45, 2.75) is 82.2 Å². The summed E-state index contributed by atoms with van der Waals surface area (Å²) in [6.45, 7) is 0.280. The van der Waals surface area contributed by atoms with Gasteiger partial charge in [-0.2, -0.15) is 0 Å². The van der Waals surface area contributed by atoms with Crippen molar-refractivity contribution in [1.82, 2.24) is 0 Å². The van der Waals surface area contributed by atoms with E-state index < -0.39 is 35.5 Å². The van der Waals surface area contributed by atoms with E-state index in [-0.39, 0.29) is 6.61 Å².